The first-order valence-corrected chi connectivity index (χ1v) is 11.4. The van der Waals surface area contributed by atoms with Crippen molar-refractivity contribution in [3.05, 3.63) is 77.4 Å². The Bertz CT molecular complexity index is 1170. The van der Waals surface area contributed by atoms with E-state index >= 15 is 0 Å². The summed E-state index contributed by atoms with van der Waals surface area (Å²) in [6.45, 7) is 5.92. The molecule has 2 aliphatic rings. The van der Waals surface area contributed by atoms with Gasteiger partial charge in [-0.3, -0.25) is 9.78 Å². The number of hydrogen-bond acceptors (Lipinski definition) is 3. The van der Waals surface area contributed by atoms with Crippen molar-refractivity contribution in [2.75, 3.05) is 10.2 Å². The van der Waals surface area contributed by atoms with Crippen molar-refractivity contribution in [3.8, 4) is 0 Å². The standard InChI is InChI=1S/C25H27N5OS/c1-15-14-21(16(2)29(15)19-11-12-19)24-23(22-6-4-5-13-26-22)28-25(32)30(24)20-9-7-18(8-10-20)27-17(3)31/h4-10,13-14,19,23-24H,11-12H2,1-3H3,(H,27,31)(H,28,32)/t23-,24-/m0/s1. The summed E-state index contributed by atoms with van der Waals surface area (Å²) in [5.74, 6) is -0.0864. The number of nitrogens with one attached hydrogen (secondary N) is 2. The Hall–Kier alpha value is -3.19. The summed E-state index contributed by atoms with van der Waals surface area (Å²) in [5.41, 5.74) is 6.57. The number of aromatic nitrogens is 2. The molecule has 5 rings (SSSR count). The minimum Gasteiger partial charge on any atom is -0.351 e. The molecule has 1 amide bonds. The van der Waals surface area contributed by atoms with E-state index in [9.17, 15) is 4.79 Å². The van der Waals surface area contributed by atoms with Crippen LogP contribution >= 0.6 is 12.2 Å². The normalized spacial score (nSPS) is 20.3. The number of carbonyl (C=O) groups excluding carboxylic acids is 1. The van der Waals surface area contributed by atoms with Crippen LogP contribution in [-0.2, 0) is 4.79 Å². The van der Waals surface area contributed by atoms with Gasteiger partial charge in [0.2, 0.25) is 5.91 Å². The van der Waals surface area contributed by atoms with E-state index < -0.39 is 0 Å². The lowest BCUT2D eigenvalue weighted by Crippen LogP contribution is -2.29. The van der Waals surface area contributed by atoms with Gasteiger partial charge in [0.15, 0.2) is 5.11 Å². The van der Waals surface area contributed by atoms with Crippen LogP contribution in [0.25, 0.3) is 0 Å². The van der Waals surface area contributed by atoms with Gasteiger partial charge in [-0.25, -0.2) is 0 Å². The van der Waals surface area contributed by atoms with Crippen LogP contribution in [-0.4, -0.2) is 20.6 Å². The van der Waals surface area contributed by atoms with E-state index in [1.165, 1.54) is 36.7 Å². The predicted octanol–water partition coefficient (Wildman–Crippen LogP) is 4.97. The molecular weight excluding hydrogens is 418 g/mol. The van der Waals surface area contributed by atoms with Gasteiger partial charge in [-0.2, -0.15) is 0 Å². The molecule has 7 heteroatoms. The fraction of sp³-hybridized carbons (Fsp3) is 0.320. The summed E-state index contributed by atoms with van der Waals surface area (Å²) in [7, 11) is 0. The van der Waals surface area contributed by atoms with Crippen LogP contribution in [0.1, 0.15) is 60.5 Å². The Labute approximate surface area is 193 Å². The Morgan fingerprint density at radius 2 is 1.91 bits per heavy atom. The largest absolute Gasteiger partial charge is 0.351 e. The first kappa shape index (κ1) is 20.7. The van der Waals surface area contributed by atoms with E-state index in [-0.39, 0.29) is 18.0 Å². The molecule has 6 nitrogen and oxygen atoms in total. The molecule has 0 spiro atoms. The topological polar surface area (TPSA) is 62.2 Å². The van der Waals surface area contributed by atoms with Crippen LogP contribution in [0.3, 0.4) is 0 Å². The van der Waals surface area contributed by atoms with Gasteiger partial charge in [0.1, 0.15) is 0 Å². The van der Waals surface area contributed by atoms with E-state index in [1.54, 1.807) is 0 Å². The van der Waals surface area contributed by atoms with Crippen molar-refractivity contribution in [2.45, 2.75) is 51.7 Å². The van der Waals surface area contributed by atoms with Crippen molar-refractivity contribution in [2.24, 2.45) is 0 Å². The highest BCUT2D eigenvalue weighted by Gasteiger charge is 2.42. The van der Waals surface area contributed by atoms with Gasteiger partial charge in [0, 0.05) is 41.9 Å². The molecule has 1 saturated heterocycles. The number of pyridine rings is 1. The van der Waals surface area contributed by atoms with Gasteiger partial charge in [-0.15, -0.1) is 0 Å². The van der Waals surface area contributed by atoms with E-state index in [4.69, 9.17) is 12.2 Å². The average molecular weight is 446 g/mol. The Morgan fingerprint density at radius 1 is 1.16 bits per heavy atom. The average Bonchev–Trinajstić information content (AvgIpc) is 3.48. The maximum atomic E-state index is 11.4. The molecule has 1 aliphatic carbocycles. The first-order valence-electron chi connectivity index (χ1n) is 11.0. The van der Waals surface area contributed by atoms with Crippen LogP contribution in [0.5, 0.6) is 0 Å². The fourth-order valence-electron chi connectivity index (χ4n) is 4.85. The highest BCUT2D eigenvalue weighted by molar-refractivity contribution is 7.80. The predicted molar refractivity (Wildman–Crippen MR) is 131 cm³/mol. The van der Waals surface area contributed by atoms with E-state index in [0.29, 0.717) is 11.2 Å². The summed E-state index contributed by atoms with van der Waals surface area (Å²) >= 11 is 5.84. The number of hydrogen-bond donors (Lipinski definition) is 2. The molecule has 2 atom stereocenters. The molecule has 2 fully saturated rings. The lowest BCUT2D eigenvalue weighted by molar-refractivity contribution is -0.114. The molecule has 2 aromatic heterocycles. The molecule has 1 aliphatic heterocycles. The Kier molecular flexibility index (Phi) is 5.21. The molecule has 1 aromatic carbocycles. The summed E-state index contributed by atoms with van der Waals surface area (Å²) in [5, 5.41) is 7.04. The molecule has 3 aromatic rings. The molecule has 32 heavy (non-hydrogen) atoms. The van der Waals surface area contributed by atoms with Crippen molar-refractivity contribution in [1.29, 1.82) is 0 Å². The van der Waals surface area contributed by atoms with Crippen molar-refractivity contribution >= 4 is 34.6 Å². The third kappa shape index (κ3) is 3.66. The number of anilines is 2. The molecule has 0 unspecified atom stereocenters. The summed E-state index contributed by atoms with van der Waals surface area (Å²) in [6.07, 6.45) is 4.32. The van der Waals surface area contributed by atoms with Crippen LogP contribution < -0.4 is 15.5 Å². The summed E-state index contributed by atoms with van der Waals surface area (Å²) in [4.78, 5) is 18.2. The molecule has 3 heterocycles. The number of carbonyl (C=O) groups is 1. The lowest BCUT2D eigenvalue weighted by Gasteiger charge is -2.28. The molecule has 0 bridgehead atoms. The highest BCUT2D eigenvalue weighted by Crippen LogP contribution is 2.46. The number of nitrogens with zero attached hydrogens (tertiary/aromatic N) is 3. The zero-order valence-corrected chi connectivity index (χ0v) is 19.3. The van der Waals surface area contributed by atoms with Gasteiger partial charge in [0.25, 0.3) is 0 Å². The Morgan fingerprint density at radius 3 is 2.53 bits per heavy atom. The second kappa shape index (κ2) is 8.06. The molecule has 2 N–H and O–H groups in total. The second-order valence-corrected chi connectivity index (χ2v) is 9.04. The molecule has 164 valence electrons. The third-order valence-corrected chi connectivity index (χ3v) is 6.63. The third-order valence-electron chi connectivity index (χ3n) is 6.32. The minimum absolute atomic E-state index is 0.0253. The van der Waals surface area contributed by atoms with E-state index in [2.05, 4.69) is 51.1 Å². The number of amides is 1. The fourth-order valence-corrected chi connectivity index (χ4v) is 5.20. The quantitative estimate of drug-likeness (QED) is 0.543. The SMILES string of the molecule is CC(=O)Nc1ccc(N2C(=S)N[C@@H](c3ccccn3)[C@@H]2c2cc(C)n(C3CC3)c2C)cc1. The lowest BCUT2D eigenvalue weighted by atomic mass is 9.96. The minimum atomic E-state index is -0.0864. The number of benzene rings is 1. The monoisotopic (exact) mass is 445 g/mol. The van der Waals surface area contributed by atoms with Gasteiger partial charge >= 0.3 is 0 Å². The number of aryl methyl sites for hydroxylation is 1. The van der Waals surface area contributed by atoms with E-state index in [0.717, 1.165) is 17.1 Å². The van der Waals surface area contributed by atoms with Crippen LogP contribution in [0.4, 0.5) is 11.4 Å². The maximum Gasteiger partial charge on any atom is 0.221 e. The van der Waals surface area contributed by atoms with Crippen molar-refractivity contribution in [1.82, 2.24) is 14.9 Å². The van der Waals surface area contributed by atoms with Gasteiger partial charge in [-0.1, -0.05) is 6.07 Å². The second-order valence-electron chi connectivity index (χ2n) is 8.65. The first-order chi connectivity index (χ1) is 15.4. The number of rotatable bonds is 5. The Balaban J connectivity index is 1.59. The zero-order valence-electron chi connectivity index (χ0n) is 18.5. The zero-order chi connectivity index (χ0) is 22.4. The van der Waals surface area contributed by atoms with Gasteiger partial charge in [0.05, 0.1) is 17.8 Å². The number of thiocarbonyl (C=S) groups is 1. The van der Waals surface area contributed by atoms with Crippen molar-refractivity contribution < 1.29 is 4.79 Å². The molecule has 0 radical (unpaired) electrons. The summed E-state index contributed by atoms with van der Waals surface area (Å²) < 4.78 is 2.48. The highest BCUT2D eigenvalue weighted by atomic mass is 32.1. The van der Waals surface area contributed by atoms with E-state index in [1.807, 2.05) is 42.6 Å². The maximum absolute atomic E-state index is 11.4. The van der Waals surface area contributed by atoms with Gasteiger partial charge < -0.3 is 20.1 Å². The smallest absolute Gasteiger partial charge is 0.221 e. The van der Waals surface area contributed by atoms with Crippen LogP contribution in [0.2, 0.25) is 0 Å². The van der Waals surface area contributed by atoms with Gasteiger partial charge in [-0.05, 0) is 86.9 Å². The van der Waals surface area contributed by atoms with Crippen molar-refractivity contribution in [3.63, 3.8) is 0 Å². The summed E-state index contributed by atoms with van der Waals surface area (Å²) in [6, 6.07) is 16.7. The van der Waals surface area contributed by atoms with Crippen LogP contribution in [0.15, 0.2) is 54.7 Å². The van der Waals surface area contributed by atoms with Crippen LogP contribution in [0, 0.1) is 13.8 Å². The molecule has 1 saturated carbocycles. The molecular formula is C25H27N5OS.